The minimum Gasteiger partial charge on any atom is -0.464 e. The van der Waals surface area contributed by atoms with Crippen molar-refractivity contribution in [3.63, 3.8) is 0 Å². The van der Waals surface area contributed by atoms with Gasteiger partial charge >= 0.3 is 12.1 Å². The molecule has 0 saturated heterocycles. The van der Waals surface area contributed by atoms with Crippen LogP contribution in [0.3, 0.4) is 0 Å². The van der Waals surface area contributed by atoms with Gasteiger partial charge in [0, 0.05) is 16.7 Å². The van der Waals surface area contributed by atoms with E-state index in [1.807, 2.05) is 0 Å². The Morgan fingerprint density at radius 1 is 1.19 bits per heavy atom. The van der Waals surface area contributed by atoms with Crippen molar-refractivity contribution in [1.29, 1.82) is 0 Å². The van der Waals surface area contributed by atoms with Crippen molar-refractivity contribution in [3.8, 4) is 11.5 Å². The topological polar surface area (TPSA) is 61.5 Å². The molecule has 0 spiro atoms. The van der Waals surface area contributed by atoms with Gasteiger partial charge in [0.2, 0.25) is 0 Å². The molecule has 0 atom stereocenters. The van der Waals surface area contributed by atoms with Crippen molar-refractivity contribution in [2.45, 2.75) is 13.1 Å². The van der Waals surface area contributed by atoms with Gasteiger partial charge in [-0.25, -0.2) is 4.79 Å². The lowest BCUT2D eigenvalue weighted by Gasteiger charge is -2.14. The zero-order chi connectivity index (χ0) is 19.5. The fraction of sp³-hybridized carbons (Fsp3) is 0.167. The molecule has 2 aromatic carbocycles. The lowest BCUT2D eigenvalue weighted by molar-refractivity contribution is -0.138. The van der Waals surface area contributed by atoms with Gasteiger partial charge in [-0.2, -0.15) is 13.2 Å². The summed E-state index contributed by atoms with van der Waals surface area (Å²) in [5.74, 6) is -0.640. The highest BCUT2D eigenvalue weighted by Gasteiger charge is 2.32. The fourth-order valence-corrected chi connectivity index (χ4v) is 2.32. The number of hydrogen-bond donors (Lipinski definition) is 1. The normalized spacial score (nSPS) is 12.0. The third-order valence-corrected chi connectivity index (χ3v) is 3.69. The summed E-state index contributed by atoms with van der Waals surface area (Å²) in [7, 11) is 1.17. The summed E-state index contributed by atoms with van der Waals surface area (Å²) < 4.78 is 49.2. The number of carbonyl (C=O) groups is 1. The molecular formula is C18H15ClF3NO3. The van der Waals surface area contributed by atoms with Crippen molar-refractivity contribution < 1.29 is 27.4 Å². The van der Waals surface area contributed by atoms with E-state index < -0.39 is 17.7 Å². The Hall–Kier alpha value is -2.67. The zero-order valence-corrected chi connectivity index (χ0v) is 14.6. The van der Waals surface area contributed by atoms with Gasteiger partial charge in [-0.3, -0.25) is 0 Å². The van der Waals surface area contributed by atoms with Crippen LogP contribution in [0, 0.1) is 6.92 Å². The average Bonchev–Trinajstić information content (AvgIpc) is 2.57. The molecule has 2 aromatic rings. The van der Waals surface area contributed by atoms with Crippen LogP contribution in [0.4, 0.5) is 13.2 Å². The smallest absolute Gasteiger partial charge is 0.416 e. The molecule has 0 aliphatic heterocycles. The highest BCUT2D eigenvalue weighted by Crippen LogP contribution is 2.36. The van der Waals surface area contributed by atoms with Gasteiger partial charge in [0.25, 0.3) is 0 Å². The summed E-state index contributed by atoms with van der Waals surface area (Å²) in [6.07, 6.45) is -3.22. The number of benzene rings is 2. The molecule has 0 aliphatic carbocycles. The van der Waals surface area contributed by atoms with Gasteiger partial charge in [0.1, 0.15) is 17.2 Å². The van der Waals surface area contributed by atoms with Crippen molar-refractivity contribution >= 4 is 23.6 Å². The van der Waals surface area contributed by atoms with E-state index in [1.165, 1.54) is 50.4 Å². The van der Waals surface area contributed by atoms with E-state index in [1.54, 1.807) is 0 Å². The van der Waals surface area contributed by atoms with Crippen LogP contribution in [0.1, 0.15) is 16.7 Å². The van der Waals surface area contributed by atoms with Crippen LogP contribution >= 0.6 is 11.6 Å². The first-order valence-electron chi connectivity index (χ1n) is 7.32. The molecule has 0 heterocycles. The molecular weight excluding hydrogens is 371 g/mol. The Morgan fingerprint density at radius 3 is 2.50 bits per heavy atom. The van der Waals surface area contributed by atoms with E-state index in [-0.39, 0.29) is 22.8 Å². The summed E-state index contributed by atoms with van der Waals surface area (Å²) in [6, 6.07) is 8.07. The van der Waals surface area contributed by atoms with Crippen molar-refractivity contribution in [3.05, 3.63) is 63.8 Å². The number of alkyl halides is 3. The molecule has 0 fully saturated rings. The molecule has 4 nitrogen and oxygen atoms in total. The Morgan fingerprint density at radius 2 is 1.88 bits per heavy atom. The van der Waals surface area contributed by atoms with Gasteiger partial charge in [-0.15, -0.1) is 0 Å². The fourth-order valence-electron chi connectivity index (χ4n) is 2.16. The quantitative estimate of drug-likeness (QED) is 0.598. The van der Waals surface area contributed by atoms with Crippen LogP contribution in [0.2, 0.25) is 5.02 Å². The summed E-state index contributed by atoms with van der Waals surface area (Å²) in [6.45, 7) is 1.36. The Labute approximate surface area is 153 Å². The number of aryl methyl sites for hydroxylation is 1. The number of carbonyl (C=O) groups excluding carboxylic acids is 1. The predicted octanol–water partition coefficient (Wildman–Crippen LogP) is 4.93. The molecule has 0 aliphatic rings. The number of halogens is 4. The number of rotatable bonds is 4. The summed E-state index contributed by atoms with van der Waals surface area (Å²) in [4.78, 5) is 11.4. The highest BCUT2D eigenvalue weighted by molar-refractivity contribution is 6.30. The van der Waals surface area contributed by atoms with E-state index in [0.717, 1.165) is 6.07 Å². The van der Waals surface area contributed by atoms with Crippen LogP contribution in [-0.4, -0.2) is 13.1 Å². The molecule has 0 bridgehead atoms. The van der Waals surface area contributed by atoms with E-state index in [4.69, 9.17) is 22.1 Å². The van der Waals surface area contributed by atoms with Crippen molar-refractivity contribution in [2.24, 2.45) is 5.73 Å². The van der Waals surface area contributed by atoms with Crippen LogP contribution in [-0.2, 0) is 15.7 Å². The first kappa shape index (κ1) is 19.7. The number of methoxy groups -OCH3 is 1. The molecule has 2 N–H and O–H groups in total. The lowest BCUT2D eigenvalue weighted by atomic mass is 10.1. The minimum absolute atomic E-state index is 0.0310. The van der Waals surface area contributed by atoms with E-state index in [0.29, 0.717) is 10.6 Å². The van der Waals surface area contributed by atoms with Crippen LogP contribution in [0.15, 0.2) is 42.1 Å². The first-order valence-corrected chi connectivity index (χ1v) is 7.70. The number of ether oxygens (including phenoxy) is 2. The van der Waals surface area contributed by atoms with Crippen LogP contribution in [0.5, 0.6) is 11.5 Å². The molecule has 0 radical (unpaired) electrons. The molecule has 0 aromatic heterocycles. The Bertz CT molecular complexity index is 863. The summed E-state index contributed by atoms with van der Waals surface area (Å²) in [5, 5.41) is 0.303. The van der Waals surface area contributed by atoms with Crippen LogP contribution in [0.25, 0.3) is 6.08 Å². The van der Waals surface area contributed by atoms with Gasteiger partial charge in [-0.05, 0) is 42.8 Å². The third kappa shape index (κ3) is 4.70. The maximum Gasteiger partial charge on any atom is 0.416 e. The second-order valence-corrected chi connectivity index (χ2v) is 5.79. The second-order valence-electron chi connectivity index (χ2n) is 5.35. The number of nitrogens with two attached hydrogens (primary N) is 1. The van der Waals surface area contributed by atoms with Crippen molar-refractivity contribution in [2.75, 3.05) is 7.11 Å². The van der Waals surface area contributed by atoms with E-state index in [9.17, 15) is 18.0 Å². The van der Waals surface area contributed by atoms with Gasteiger partial charge in [0.15, 0.2) is 0 Å². The SMILES string of the molecule is COC(=O)/C(N)=C/c1ccc(Cl)cc1Oc1ccc(C)c(C(F)(F)F)c1. The number of hydrogen-bond acceptors (Lipinski definition) is 4. The Kier molecular flexibility index (Phi) is 5.82. The monoisotopic (exact) mass is 385 g/mol. The molecule has 138 valence electrons. The highest BCUT2D eigenvalue weighted by atomic mass is 35.5. The lowest BCUT2D eigenvalue weighted by Crippen LogP contribution is -2.12. The maximum absolute atomic E-state index is 13.1. The zero-order valence-electron chi connectivity index (χ0n) is 13.9. The molecule has 0 saturated carbocycles. The standard InChI is InChI=1S/C18H15ClF3NO3/c1-10-3-6-13(9-14(10)18(20,21)22)26-16-8-12(19)5-4-11(16)7-15(23)17(24)25-2/h3-9H,23H2,1-2H3/b15-7-. The summed E-state index contributed by atoms with van der Waals surface area (Å²) in [5.41, 5.74) is 5.04. The van der Waals surface area contributed by atoms with E-state index in [2.05, 4.69) is 4.74 Å². The number of esters is 1. The predicted molar refractivity (Wildman–Crippen MR) is 91.9 cm³/mol. The molecule has 26 heavy (non-hydrogen) atoms. The molecule has 0 unspecified atom stereocenters. The maximum atomic E-state index is 13.1. The Balaban J connectivity index is 2.44. The third-order valence-electron chi connectivity index (χ3n) is 3.45. The molecule has 2 rings (SSSR count). The summed E-state index contributed by atoms with van der Waals surface area (Å²) >= 11 is 5.93. The van der Waals surface area contributed by atoms with Crippen molar-refractivity contribution in [1.82, 2.24) is 0 Å². The van der Waals surface area contributed by atoms with Gasteiger partial charge in [-0.1, -0.05) is 17.7 Å². The molecule has 0 amide bonds. The molecule has 8 heteroatoms. The van der Waals surface area contributed by atoms with E-state index >= 15 is 0 Å². The van der Waals surface area contributed by atoms with Gasteiger partial charge < -0.3 is 15.2 Å². The second kappa shape index (κ2) is 7.70. The average molecular weight is 386 g/mol. The van der Waals surface area contributed by atoms with Gasteiger partial charge in [0.05, 0.1) is 12.7 Å². The minimum atomic E-state index is -4.50. The largest absolute Gasteiger partial charge is 0.464 e. The van der Waals surface area contributed by atoms with Crippen LogP contribution < -0.4 is 10.5 Å². The first-order chi connectivity index (χ1) is 12.1.